The first-order valence-electron chi connectivity index (χ1n) is 8.21. The Labute approximate surface area is 144 Å². The molecule has 2 rings (SSSR count). The van der Waals surface area contributed by atoms with Gasteiger partial charge in [-0.1, -0.05) is 25.9 Å². The minimum absolute atomic E-state index is 0.0308. The second-order valence-corrected chi connectivity index (χ2v) is 13.3. The molecule has 24 heavy (non-hydrogen) atoms. The summed E-state index contributed by atoms with van der Waals surface area (Å²) in [5.74, 6) is -0.874. The Bertz CT molecular complexity index is 530. The molecule has 138 valence electrons. The standard InChI is InChI=1S/C15H29N3O5Si/c1-13(2,3)24(6,7)20-9-15-11(22-14(4,5)23-15)10(8-17-18-16)21-12(15)19/h10-12,19H,8-9H2,1-7H3/t10-,11+,12?,15+/m1/s1. The van der Waals surface area contributed by atoms with Gasteiger partial charge in [-0.3, -0.25) is 0 Å². The third-order valence-electron chi connectivity index (χ3n) is 5.18. The SMILES string of the molecule is CC1(C)O[C@H]2[C@@H](CN=[N+]=[N-])OC(O)[C@@]2(CO[Si](C)(C)C(C)(C)C)O1. The third-order valence-corrected chi connectivity index (χ3v) is 9.66. The molecule has 2 saturated heterocycles. The molecule has 0 aliphatic carbocycles. The van der Waals surface area contributed by atoms with E-state index in [1.165, 1.54) is 0 Å². The Morgan fingerprint density at radius 3 is 2.50 bits per heavy atom. The Morgan fingerprint density at radius 2 is 1.96 bits per heavy atom. The molecule has 9 heteroatoms. The Balaban J connectivity index is 2.24. The Hall–Kier alpha value is -0.673. The molecule has 0 aromatic heterocycles. The predicted octanol–water partition coefficient (Wildman–Crippen LogP) is 2.93. The zero-order valence-electron chi connectivity index (χ0n) is 15.6. The highest BCUT2D eigenvalue weighted by Gasteiger charge is 2.66. The number of rotatable bonds is 5. The van der Waals surface area contributed by atoms with E-state index >= 15 is 0 Å². The minimum atomic E-state index is -2.05. The number of hydrogen-bond donors (Lipinski definition) is 1. The maximum absolute atomic E-state index is 10.5. The van der Waals surface area contributed by atoms with Crippen molar-refractivity contribution in [1.82, 2.24) is 0 Å². The minimum Gasteiger partial charge on any atom is -0.414 e. The van der Waals surface area contributed by atoms with Gasteiger partial charge in [-0.2, -0.15) is 0 Å². The van der Waals surface area contributed by atoms with E-state index in [1.807, 2.05) is 0 Å². The second kappa shape index (κ2) is 6.24. The Kier molecular flexibility index (Phi) is 5.11. The highest BCUT2D eigenvalue weighted by molar-refractivity contribution is 6.74. The van der Waals surface area contributed by atoms with Gasteiger partial charge in [0.25, 0.3) is 0 Å². The summed E-state index contributed by atoms with van der Waals surface area (Å²) in [4.78, 5) is 2.76. The maximum Gasteiger partial charge on any atom is 0.192 e. The number of aliphatic hydroxyl groups is 1. The highest BCUT2D eigenvalue weighted by atomic mass is 28.4. The summed E-state index contributed by atoms with van der Waals surface area (Å²) < 4.78 is 23.9. The molecular formula is C15H29N3O5Si. The quantitative estimate of drug-likeness (QED) is 0.351. The van der Waals surface area contributed by atoms with Crippen molar-refractivity contribution in [1.29, 1.82) is 0 Å². The fourth-order valence-electron chi connectivity index (χ4n) is 2.83. The van der Waals surface area contributed by atoms with Gasteiger partial charge in [-0.15, -0.1) is 0 Å². The third kappa shape index (κ3) is 3.48. The lowest BCUT2D eigenvalue weighted by molar-refractivity contribution is -0.250. The number of aliphatic hydroxyl groups excluding tert-OH is 1. The zero-order chi connectivity index (χ0) is 18.4. The van der Waals surface area contributed by atoms with E-state index in [4.69, 9.17) is 24.2 Å². The first kappa shape index (κ1) is 19.6. The first-order valence-corrected chi connectivity index (χ1v) is 11.1. The van der Waals surface area contributed by atoms with Crippen molar-refractivity contribution in [3.05, 3.63) is 10.4 Å². The van der Waals surface area contributed by atoms with E-state index in [0.717, 1.165) is 0 Å². The molecular weight excluding hydrogens is 330 g/mol. The van der Waals surface area contributed by atoms with Gasteiger partial charge in [-0.05, 0) is 37.5 Å². The molecule has 0 radical (unpaired) electrons. The average molecular weight is 359 g/mol. The van der Waals surface area contributed by atoms with Crippen LogP contribution in [0.4, 0.5) is 0 Å². The van der Waals surface area contributed by atoms with Crippen LogP contribution >= 0.6 is 0 Å². The lowest BCUT2D eigenvalue weighted by atomic mass is 9.96. The molecule has 1 N–H and O–H groups in total. The molecule has 8 nitrogen and oxygen atoms in total. The summed E-state index contributed by atoms with van der Waals surface area (Å²) in [6.45, 7) is 14.5. The number of hydrogen-bond acceptors (Lipinski definition) is 6. The molecule has 0 bridgehead atoms. The molecule has 2 heterocycles. The monoisotopic (exact) mass is 359 g/mol. The predicted molar refractivity (Wildman–Crippen MR) is 90.8 cm³/mol. The average Bonchev–Trinajstić information content (AvgIpc) is 2.84. The lowest BCUT2D eigenvalue weighted by Crippen LogP contribution is -2.54. The van der Waals surface area contributed by atoms with Crippen LogP contribution in [0.5, 0.6) is 0 Å². The molecule has 0 aromatic carbocycles. The fraction of sp³-hybridized carbons (Fsp3) is 1.00. The highest BCUT2D eigenvalue weighted by Crippen LogP contribution is 2.47. The van der Waals surface area contributed by atoms with Crippen LogP contribution in [0.3, 0.4) is 0 Å². The van der Waals surface area contributed by atoms with Crippen molar-refractivity contribution in [2.75, 3.05) is 13.2 Å². The molecule has 0 spiro atoms. The van der Waals surface area contributed by atoms with E-state index < -0.39 is 38.2 Å². The molecule has 0 aromatic rings. The van der Waals surface area contributed by atoms with Gasteiger partial charge >= 0.3 is 0 Å². The number of ether oxygens (including phenoxy) is 3. The topological polar surface area (TPSA) is 106 Å². The van der Waals surface area contributed by atoms with Crippen LogP contribution in [-0.2, 0) is 18.6 Å². The summed E-state index contributed by atoms with van der Waals surface area (Å²) >= 11 is 0. The van der Waals surface area contributed by atoms with Crippen molar-refractivity contribution in [2.45, 2.75) is 82.6 Å². The second-order valence-electron chi connectivity index (χ2n) is 8.48. The van der Waals surface area contributed by atoms with Crippen molar-refractivity contribution in [3.8, 4) is 0 Å². The van der Waals surface area contributed by atoms with Crippen LogP contribution in [0.15, 0.2) is 5.11 Å². The van der Waals surface area contributed by atoms with Crippen LogP contribution in [-0.4, -0.2) is 56.5 Å². The van der Waals surface area contributed by atoms with Crippen LogP contribution in [0.1, 0.15) is 34.6 Å². The largest absolute Gasteiger partial charge is 0.414 e. The summed E-state index contributed by atoms with van der Waals surface area (Å²) in [5, 5.41) is 14.1. The molecule has 2 aliphatic heterocycles. The van der Waals surface area contributed by atoms with E-state index in [0.29, 0.717) is 0 Å². The number of azide groups is 1. The summed E-state index contributed by atoms with van der Waals surface area (Å²) in [6.07, 6.45) is -2.33. The van der Waals surface area contributed by atoms with Gasteiger partial charge in [0.2, 0.25) is 0 Å². The van der Waals surface area contributed by atoms with Crippen molar-refractivity contribution in [2.24, 2.45) is 5.11 Å². The van der Waals surface area contributed by atoms with Gasteiger partial charge in [0.05, 0.1) is 19.3 Å². The molecule has 2 aliphatic rings. The molecule has 0 amide bonds. The van der Waals surface area contributed by atoms with E-state index in [-0.39, 0.29) is 18.2 Å². The van der Waals surface area contributed by atoms with Crippen LogP contribution in [0.25, 0.3) is 10.4 Å². The van der Waals surface area contributed by atoms with Crippen molar-refractivity contribution >= 4 is 8.32 Å². The molecule has 0 saturated carbocycles. The number of nitrogens with zero attached hydrogens (tertiary/aromatic N) is 3. The maximum atomic E-state index is 10.5. The fourth-order valence-corrected chi connectivity index (χ4v) is 3.85. The van der Waals surface area contributed by atoms with Crippen LogP contribution in [0, 0.1) is 0 Å². The van der Waals surface area contributed by atoms with Gasteiger partial charge in [0.15, 0.2) is 26.0 Å². The van der Waals surface area contributed by atoms with Crippen molar-refractivity contribution < 1.29 is 23.7 Å². The lowest BCUT2D eigenvalue weighted by Gasteiger charge is -2.39. The van der Waals surface area contributed by atoms with Gasteiger partial charge in [0, 0.05) is 4.91 Å². The number of fused-ring (bicyclic) bond motifs is 1. The molecule has 4 atom stereocenters. The van der Waals surface area contributed by atoms with Gasteiger partial charge in [0.1, 0.15) is 6.10 Å². The van der Waals surface area contributed by atoms with E-state index in [1.54, 1.807) is 13.8 Å². The smallest absolute Gasteiger partial charge is 0.192 e. The van der Waals surface area contributed by atoms with Crippen molar-refractivity contribution in [3.63, 3.8) is 0 Å². The Morgan fingerprint density at radius 1 is 1.33 bits per heavy atom. The van der Waals surface area contributed by atoms with Gasteiger partial charge < -0.3 is 23.7 Å². The van der Waals surface area contributed by atoms with Gasteiger partial charge in [-0.25, -0.2) is 0 Å². The van der Waals surface area contributed by atoms with Crippen LogP contribution < -0.4 is 0 Å². The first-order chi connectivity index (χ1) is 10.8. The molecule has 2 fully saturated rings. The normalized spacial score (nSPS) is 35.6. The van der Waals surface area contributed by atoms with E-state index in [2.05, 4.69) is 43.9 Å². The summed E-state index contributed by atoms with van der Waals surface area (Å²) in [6, 6.07) is 0. The zero-order valence-corrected chi connectivity index (χ0v) is 16.6. The molecule has 1 unspecified atom stereocenters. The summed E-state index contributed by atoms with van der Waals surface area (Å²) in [7, 11) is -2.05. The summed E-state index contributed by atoms with van der Waals surface area (Å²) in [5.41, 5.74) is 7.43. The van der Waals surface area contributed by atoms with E-state index in [9.17, 15) is 5.11 Å². The van der Waals surface area contributed by atoms with Crippen LogP contribution in [0.2, 0.25) is 18.1 Å².